The number of alkyl halides is 1. The molecule has 0 unspecified atom stereocenters. The molecule has 0 radical (unpaired) electrons. The van der Waals surface area contributed by atoms with E-state index in [-0.39, 0.29) is 0 Å². The summed E-state index contributed by atoms with van der Waals surface area (Å²) in [5.74, 6) is 0. The van der Waals surface area contributed by atoms with E-state index in [9.17, 15) is 0 Å². The number of unbranched alkanes of at least 4 members (excludes halogenated alkanes) is 3. The Morgan fingerprint density at radius 1 is 0.882 bits per heavy atom. The molecule has 0 fully saturated rings. The smallest absolute Gasteiger partial charge is 0.147 e. The summed E-state index contributed by atoms with van der Waals surface area (Å²) in [4.78, 5) is 0. The summed E-state index contributed by atoms with van der Waals surface area (Å²) in [6.07, 6.45) is 4.90. The Hall–Kier alpha value is -0.380. The summed E-state index contributed by atoms with van der Waals surface area (Å²) < 4.78 is 10.8. The van der Waals surface area contributed by atoms with Crippen LogP contribution in [-0.2, 0) is 16.1 Å². The lowest BCUT2D eigenvalue weighted by Gasteiger charge is -2.05. The van der Waals surface area contributed by atoms with E-state index in [2.05, 4.69) is 28.1 Å². The fourth-order valence-corrected chi connectivity index (χ4v) is 1.90. The third-order valence-electron chi connectivity index (χ3n) is 2.45. The van der Waals surface area contributed by atoms with Gasteiger partial charge < -0.3 is 9.47 Å². The number of hydrogen-bond donors (Lipinski definition) is 0. The Balaban J connectivity index is 1.85. The molecular weight excluding hydrogens is 280 g/mol. The number of halogens is 1. The second-order valence-corrected chi connectivity index (χ2v) is 4.76. The van der Waals surface area contributed by atoms with Gasteiger partial charge in [-0.3, -0.25) is 0 Å². The van der Waals surface area contributed by atoms with E-state index in [1.54, 1.807) is 0 Å². The monoisotopic (exact) mass is 300 g/mol. The summed E-state index contributed by atoms with van der Waals surface area (Å²) >= 11 is 3.42. The van der Waals surface area contributed by atoms with Crippen LogP contribution in [0.3, 0.4) is 0 Å². The molecule has 3 heteroatoms. The molecular formula is C14H21BrO2. The van der Waals surface area contributed by atoms with Crippen molar-refractivity contribution in [2.24, 2.45) is 0 Å². The summed E-state index contributed by atoms with van der Waals surface area (Å²) in [5, 5.41) is 1.11. The third-order valence-corrected chi connectivity index (χ3v) is 3.01. The van der Waals surface area contributed by atoms with Crippen LogP contribution in [0.4, 0.5) is 0 Å². The van der Waals surface area contributed by atoms with Crippen molar-refractivity contribution in [2.45, 2.75) is 32.3 Å². The average Bonchev–Trinajstić information content (AvgIpc) is 2.38. The van der Waals surface area contributed by atoms with E-state index in [0.717, 1.165) is 18.4 Å². The Kier molecular flexibility index (Phi) is 9.29. The first kappa shape index (κ1) is 14.7. The van der Waals surface area contributed by atoms with Crippen LogP contribution < -0.4 is 0 Å². The zero-order valence-electron chi connectivity index (χ0n) is 10.2. The molecule has 0 aliphatic carbocycles. The largest absolute Gasteiger partial charge is 0.355 e. The molecule has 0 heterocycles. The topological polar surface area (TPSA) is 18.5 Å². The van der Waals surface area contributed by atoms with Crippen LogP contribution in [-0.4, -0.2) is 18.7 Å². The summed E-state index contributed by atoms with van der Waals surface area (Å²) in [6.45, 7) is 1.83. The fourth-order valence-electron chi connectivity index (χ4n) is 1.50. The molecule has 0 atom stereocenters. The SMILES string of the molecule is BrCCCCCCOCOCc1ccccc1. The van der Waals surface area contributed by atoms with Crippen LogP contribution >= 0.6 is 15.9 Å². The van der Waals surface area contributed by atoms with Gasteiger partial charge >= 0.3 is 0 Å². The van der Waals surface area contributed by atoms with Gasteiger partial charge in [-0.05, 0) is 18.4 Å². The summed E-state index contributed by atoms with van der Waals surface area (Å²) in [6, 6.07) is 10.2. The number of ether oxygens (including phenoxy) is 2. The van der Waals surface area contributed by atoms with E-state index in [1.807, 2.05) is 18.2 Å². The molecule has 2 nitrogen and oxygen atoms in total. The van der Waals surface area contributed by atoms with Crippen molar-refractivity contribution in [1.29, 1.82) is 0 Å². The molecule has 0 aliphatic rings. The molecule has 0 N–H and O–H groups in total. The maximum absolute atomic E-state index is 5.42. The minimum Gasteiger partial charge on any atom is -0.355 e. The lowest BCUT2D eigenvalue weighted by atomic mass is 10.2. The molecule has 0 aromatic heterocycles. The molecule has 0 spiro atoms. The van der Waals surface area contributed by atoms with E-state index in [0.29, 0.717) is 13.4 Å². The first-order valence-electron chi connectivity index (χ1n) is 6.19. The highest BCUT2D eigenvalue weighted by molar-refractivity contribution is 9.09. The van der Waals surface area contributed by atoms with Crippen LogP contribution in [0, 0.1) is 0 Å². The number of rotatable bonds is 10. The first-order chi connectivity index (χ1) is 8.43. The van der Waals surface area contributed by atoms with Gasteiger partial charge in [-0.15, -0.1) is 0 Å². The van der Waals surface area contributed by atoms with Gasteiger partial charge in [0, 0.05) is 11.9 Å². The van der Waals surface area contributed by atoms with Crippen LogP contribution in [0.15, 0.2) is 30.3 Å². The molecule has 1 aromatic rings. The molecule has 0 bridgehead atoms. The van der Waals surface area contributed by atoms with E-state index in [1.165, 1.54) is 24.8 Å². The van der Waals surface area contributed by atoms with Gasteiger partial charge in [-0.2, -0.15) is 0 Å². The fraction of sp³-hybridized carbons (Fsp3) is 0.571. The van der Waals surface area contributed by atoms with E-state index >= 15 is 0 Å². The van der Waals surface area contributed by atoms with Crippen molar-refractivity contribution in [3.05, 3.63) is 35.9 Å². The van der Waals surface area contributed by atoms with Crippen LogP contribution in [0.25, 0.3) is 0 Å². The van der Waals surface area contributed by atoms with Gasteiger partial charge in [0.05, 0.1) is 6.61 Å². The first-order valence-corrected chi connectivity index (χ1v) is 7.31. The standard InChI is InChI=1S/C14H21BrO2/c15-10-6-1-2-7-11-16-13-17-12-14-8-4-3-5-9-14/h3-5,8-9H,1-2,6-7,10-13H2. The quantitative estimate of drug-likeness (QED) is 0.367. The third kappa shape index (κ3) is 8.36. The molecule has 96 valence electrons. The van der Waals surface area contributed by atoms with Crippen LogP contribution in [0.5, 0.6) is 0 Å². The van der Waals surface area contributed by atoms with Crippen molar-refractivity contribution in [3.63, 3.8) is 0 Å². The zero-order chi connectivity index (χ0) is 12.2. The van der Waals surface area contributed by atoms with Gasteiger partial charge in [0.25, 0.3) is 0 Å². The van der Waals surface area contributed by atoms with E-state index in [4.69, 9.17) is 9.47 Å². The van der Waals surface area contributed by atoms with Crippen molar-refractivity contribution in [1.82, 2.24) is 0 Å². The lowest BCUT2D eigenvalue weighted by Crippen LogP contribution is -2.01. The predicted octanol–water partition coefficient (Wildman–Crippen LogP) is 4.13. The average molecular weight is 301 g/mol. The number of benzene rings is 1. The minimum atomic E-state index is 0.396. The molecule has 0 saturated heterocycles. The lowest BCUT2D eigenvalue weighted by molar-refractivity contribution is -0.0623. The highest BCUT2D eigenvalue weighted by atomic mass is 79.9. The number of hydrogen-bond acceptors (Lipinski definition) is 2. The molecule has 0 saturated carbocycles. The minimum absolute atomic E-state index is 0.396. The van der Waals surface area contributed by atoms with Crippen molar-refractivity contribution < 1.29 is 9.47 Å². The maximum Gasteiger partial charge on any atom is 0.147 e. The van der Waals surface area contributed by atoms with Crippen molar-refractivity contribution >= 4 is 15.9 Å². The normalized spacial score (nSPS) is 10.6. The van der Waals surface area contributed by atoms with E-state index < -0.39 is 0 Å². The van der Waals surface area contributed by atoms with Gasteiger partial charge in [0.1, 0.15) is 6.79 Å². The Labute approximate surface area is 112 Å². The Morgan fingerprint density at radius 2 is 1.65 bits per heavy atom. The second kappa shape index (κ2) is 10.8. The molecule has 1 aromatic carbocycles. The van der Waals surface area contributed by atoms with Crippen LogP contribution in [0.1, 0.15) is 31.2 Å². The van der Waals surface area contributed by atoms with Crippen LogP contribution in [0.2, 0.25) is 0 Å². The Morgan fingerprint density at radius 3 is 2.41 bits per heavy atom. The van der Waals surface area contributed by atoms with Gasteiger partial charge in [0.2, 0.25) is 0 Å². The zero-order valence-corrected chi connectivity index (χ0v) is 11.8. The van der Waals surface area contributed by atoms with Crippen molar-refractivity contribution in [3.8, 4) is 0 Å². The maximum atomic E-state index is 5.42. The molecule has 1 rings (SSSR count). The summed E-state index contributed by atoms with van der Waals surface area (Å²) in [5.41, 5.74) is 1.19. The van der Waals surface area contributed by atoms with Gasteiger partial charge in [-0.1, -0.05) is 59.1 Å². The Bertz CT molecular complexity index is 264. The molecule has 0 aliphatic heterocycles. The second-order valence-electron chi connectivity index (χ2n) is 3.96. The summed E-state index contributed by atoms with van der Waals surface area (Å²) in [7, 11) is 0. The predicted molar refractivity (Wildman–Crippen MR) is 74.3 cm³/mol. The van der Waals surface area contributed by atoms with Crippen molar-refractivity contribution in [2.75, 3.05) is 18.7 Å². The molecule has 0 amide bonds. The molecule has 17 heavy (non-hydrogen) atoms. The highest BCUT2D eigenvalue weighted by Crippen LogP contribution is 2.03. The van der Waals surface area contributed by atoms with Gasteiger partial charge in [-0.25, -0.2) is 0 Å². The highest BCUT2D eigenvalue weighted by Gasteiger charge is 1.93. The van der Waals surface area contributed by atoms with Gasteiger partial charge in [0.15, 0.2) is 0 Å².